The number of aliphatic carboxylic acids is 1. The second kappa shape index (κ2) is 19.6. The maximum atomic E-state index is 10.5. The van der Waals surface area contributed by atoms with Crippen LogP contribution < -0.4 is 4.74 Å². The third kappa shape index (κ3) is 14.5. The summed E-state index contributed by atoms with van der Waals surface area (Å²) in [6.07, 6.45) is -12.8. The fraction of sp³-hybridized carbons (Fsp3) is 0.696. The Morgan fingerprint density at radius 3 is 1.75 bits per heavy atom. The Labute approximate surface area is 249 Å². The van der Waals surface area contributed by atoms with Gasteiger partial charge in [-0.1, -0.05) is 18.2 Å². The molecule has 0 radical (unpaired) electrons. The predicted molar refractivity (Wildman–Crippen MR) is 141 cm³/mol. The first-order valence-electron chi connectivity index (χ1n) is 12.6. The van der Waals surface area contributed by atoms with Crippen LogP contribution in [0.25, 0.3) is 0 Å². The Hall–Kier alpha value is -1.92. The van der Waals surface area contributed by atoms with E-state index in [1.165, 1.54) is 0 Å². The van der Waals surface area contributed by atoms with Crippen LogP contribution in [0.1, 0.15) is 18.4 Å². The number of carboxylic acid groups (broad SMARTS) is 1. The average molecular weight is 669 g/mol. The molecule has 1 saturated carbocycles. The highest BCUT2D eigenvalue weighted by atomic mass is 31.2. The molecule has 1 aromatic rings. The van der Waals surface area contributed by atoms with Gasteiger partial charge < -0.3 is 90.5 Å². The number of para-hydroxylation sites is 1. The predicted octanol–water partition coefficient (Wildman–Crippen LogP) is -6.56. The molecule has 1 aromatic carbocycles. The molecule has 9 atom stereocenters. The molecule has 2 aliphatic rings. The van der Waals surface area contributed by atoms with E-state index in [0.29, 0.717) is 11.3 Å². The molecule has 3 rings (SSSR count). The molecule has 0 amide bonds. The van der Waals surface area contributed by atoms with E-state index in [1.807, 2.05) is 0 Å². The molecule has 0 bridgehead atoms. The number of carboxylic acids is 1. The Bertz CT molecular complexity index is 981. The van der Waals surface area contributed by atoms with Crippen molar-refractivity contribution in [3.05, 3.63) is 29.8 Å². The van der Waals surface area contributed by atoms with Crippen molar-refractivity contribution in [2.24, 2.45) is 0 Å². The highest BCUT2D eigenvalue weighted by molar-refractivity contribution is 7.45. The van der Waals surface area contributed by atoms with Gasteiger partial charge in [0.1, 0.15) is 42.4 Å². The van der Waals surface area contributed by atoms with Crippen molar-refractivity contribution in [2.75, 3.05) is 19.8 Å². The van der Waals surface area contributed by atoms with Crippen molar-refractivity contribution in [1.29, 1.82) is 0 Å². The zero-order valence-electron chi connectivity index (χ0n) is 23.0. The van der Waals surface area contributed by atoms with Crippen LogP contribution in [-0.4, -0.2) is 168 Å². The number of aliphatic hydroxyl groups is 12. The summed E-state index contributed by atoms with van der Waals surface area (Å²) in [5, 5.41) is 117. The van der Waals surface area contributed by atoms with Crippen molar-refractivity contribution in [3.63, 3.8) is 0 Å². The van der Waals surface area contributed by atoms with Gasteiger partial charge in [0, 0.05) is 18.4 Å². The fourth-order valence-corrected chi connectivity index (χ4v) is 3.54. The third-order valence-electron chi connectivity index (χ3n) is 5.94. The first-order chi connectivity index (χ1) is 20.3. The van der Waals surface area contributed by atoms with Gasteiger partial charge in [-0.3, -0.25) is 0 Å². The zero-order valence-corrected chi connectivity index (χ0v) is 23.9. The SMILES string of the molecule is O=C(O)[C@@]1(O)CC(O)[C@H](O)[C@H](O)C1.O=P(O)(O)O.OCC(O)CO.OCc1ccccc1O[C@@H]1O[C@H](CO)[C@@H](O)[C@H](O)[C@H]1O. The van der Waals surface area contributed by atoms with Gasteiger partial charge in [-0.2, -0.15) is 0 Å². The third-order valence-corrected chi connectivity index (χ3v) is 5.94. The minimum absolute atomic E-state index is 0.256. The Kier molecular flexibility index (Phi) is 18.7. The van der Waals surface area contributed by atoms with Crippen molar-refractivity contribution < 1.29 is 99.9 Å². The van der Waals surface area contributed by atoms with Crippen molar-refractivity contribution >= 4 is 13.8 Å². The molecule has 1 heterocycles. The molecule has 1 unspecified atom stereocenters. The molecule has 258 valence electrons. The molecule has 0 aromatic heterocycles. The van der Waals surface area contributed by atoms with E-state index in [-0.39, 0.29) is 19.8 Å². The van der Waals surface area contributed by atoms with E-state index in [9.17, 15) is 30.3 Å². The van der Waals surface area contributed by atoms with E-state index < -0.39 is 94.0 Å². The van der Waals surface area contributed by atoms with Gasteiger partial charge in [0.15, 0.2) is 5.60 Å². The number of ether oxygens (including phenoxy) is 2. The van der Waals surface area contributed by atoms with Gasteiger partial charge in [0.25, 0.3) is 0 Å². The smallest absolute Gasteiger partial charge is 0.466 e. The molecule has 20 nitrogen and oxygen atoms in total. The standard InChI is InChI=1S/C13H18O7.C7H12O6.C3H8O3.H3O4P/c14-5-7-3-1-2-4-8(7)19-13-12(18)11(17)10(16)9(6-15)20-13;8-3-1-7(13,6(11)12)2-4(9)5(3)10;4-1-3(6)2-5;1-5(2,3)4/h1-4,9-18H,5-6H2;3-5,8-10,13H,1-2H2,(H,11,12);3-6H,1-2H2;(H3,1,2,3,4)/t9-,10-,11+,12-,13-;3-,4?,5-,7+;;/m11../s1. The number of aliphatic hydroxyl groups excluding tert-OH is 11. The number of phosphoric acid groups is 1. The molecule has 2 fully saturated rings. The lowest BCUT2D eigenvalue weighted by Gasteiger charge is -2.39. The van der Waals surface area contributed by atoms with Crippen LogP contribution in [-0.2, 0) is 20.7 Å². The topological polar surface area (TPSA) is 376 Å². The quantitative estimate of drug-likeness (QED) is 0.120. The van der Waals surface area contributed by atoms with Crippen LogP contribution in [0.5, 0.6) is 5.75 Å². The van der Waals surface area contributed by atoms with Crippen LogP contribution >= 0.6 is 7.82 Å². The Morgan fingerprint density at radius 2 is 1.36 bits per heavy atom. The van der Waals surface area contributed by atoms with E-state index in [4.69, 9.17) is 69.6 Å². The number of benzene rings is 1. The highest BCUT2D eigenvalue weighted by Crippen LogP contribution is 2.29. The van der Waals surface area contributed by atoms with Crippen LogP contribution in [0, 0.1) is 0 Å². The second-order valence-electron chi connectivity index (χ2n) is 9.48. The molecular formula is C23H41O20P. The summed E-state index contributed by atoms with van der Waals surface area (Å²) in [6, 6.07) is 6.61. The monoisotopic (exact) mass is 668 g/mol. The average Bonchev–Trinajstić information content (AvgIpc) is 2.95. The fourth-order valence-electron chi connectivity index (χ4n) is 3.54. The first kappa shape index (κ1) is 42.1. The lowest BCUT2D eigenvalue weighted by atomic mass is 9.80. The molecule has 44 heavy (non-hydrogen) atoms. The van der Waals surface area contributed by atoms with Crippen LogP contribution in [0.3, 0.4) is 0 Å². The highest BCUT2D eigenvalue weighted by Gasteiger charge is 2.48. The molecule has 21 heteroatoms. The molecule has 1 aliphatic heterocycles. The van der Waals surface area contributed by atoms with E-state index in [2.05, 4.69) is 0 Å². The summed E-state index contributed by atoms with van der Waals surface area (Å²) in [4.78, 5) is 32.1. The lowest BCUT2D eigenvalue weighted by Crippen LogP contribution is -2.60. The minimum atomic E-state index is -4.64. The van der Waals surface area contributed by atoms with Crippen LogP contribution in [0.15, 0.2) is 24.3 Å². The normalized spacial score (nSPS) is 31.7. The van der Waals surface area contributed by atoms with E-state index in [1.54, 1.807) is 24.3 Å². The second-order valence-corrected chi connectivity index (χ2v) is 10.5. The molecule has 1 saturated heterocycles. The zero-order chi connectivity index (χ0) is 34.4. The lowest BCUT2D eigenvalue weighted by molar-refractivity contribution is -0.277. The minimum Gasteiger partial charge on any atom is -0.479 e. The maximum absolute atomic E-state index is 10.5. The summed E-state index contributed by atoms with van der Waals surface area (Å²) in [5.74, 6) is -1.21. The van der Waals surface area contributed by atoms with Gasteiger partial charge in [0.05, 0.1) is 38.6 Å². The number of hydrogen-bond acceptors (Lipinski definition) is 16. The van der Waals surface area contributed by atoms with Crippen molar-refractivity contribution in [3.8, 4) is 5.75 Å². The Balaban J connectivity index is 0.000000657. The van der Waals surface area contributed by atoms with Gasteiger partial charge in [-0.15, -0.1) is 0 Å². The van der Waals surface area contributed by atoms with Crippen LogP contribution in [0.4, 0.5) is 0 Å². The summed E-state index contributed by atoms with van der Waals surface area (Å²) >= 11 is 0. The largest absolute Gasteiger partial charge is 0.479 e. The van der Waals surface area contributed by atoms with Crippen molar-refractivity contribution in [2.45, 2.75) is 80.2 Å². The van der Waals surface area contributed by atoms with Gasteiger partial charge in [-0.25, -0.2) is 9.36 Å². The van der Waals surface area contributed by atoms with Gasteiger partial charge in [-0.05, 0) is 6.07 Å². The molecular weight excluding hydrogens is 627 g/mol. The molecule has 16 N–H and O–H groups in total. The summed E-state index contributed by atoms with van der Waals surface area (Å²) < 4.78 is 19.5. The summed E-state index contributed by atoms with van der Waals surface area (Å²) in [5.41, 5.74) is -1.65. The van der Waals surface area contributed by atoms with Crippen LogP contribution in [0.2, 0.25) is 0 Å². The van der Waals surface area contributed by atoms with Gasteiger partial charge in [0.2, 0.25) is 6.29 Å². The van der Waals surface area contributed by atoms with Crippen molar-refractivity contribution in [1.82, 2.24) is 0 Å². The van der Waals surface area contributed by atoms with E-state index >= 15 is 0 Å². The summed E-state index contributed by atoms with van der Waals surface area (Å²) in [7, 11) is -4.64. The molecule has 1 aliphatic carbocycles. The van der Waals surface area contributed by atoms with E-state index in [0.717, 1.165) is 0 Å². The Morgan fingerprint density at radius 1 is 0.886 bits per heavy atom. The maximum Gasteiger partial charge on any atom is 0.466 e. The number of hydrogen-bond donors (Lipinski definition) is 16. The number of rotatable bonds is 7. The first-order valence-corrected chi connectivity index (χ1v) is 14.2. The molecule has 0 spiro atoms. The number of carbonyl (C=O) groups is 1. The summed E-state index contributed by atoms with van der Waals surface area (Å²) in [6.45, 7) is -1.51. The van der Waals surface area contributed by atoms with Gasteiger partial charge >= 0.3 is 13.8 Å².